The molecule has 0 unspecified atom stereocenters. The maximum atomic E-state index is 13.9. The summed E-state index contributed by atoms with van der Waals surface area (Å²) < 4.78 is 27.3. The van der Waals surface area contributed by atoms with E-state index in [0.717, 1.165) is 37.3 Å². The second kappa shape index (κ2) is 8.19. The molecule has 2 atom stereocenters. The van der Waals surface area contributed by atoms with Crippen LogP contribution in [0.4, 0.5) is 10.2 Å². The fraction of sp³-hybridized carbons (Fsp3) is 0.364. The summed E-state index contributed by atoms with van der Waals surface area (Å²) in [4.78, 5) is 4.26. The number of benzene rings is 1. The third kappa shape index (κ3) is 3.81. The van der Waals surface area contributed by atoms with E-state index in [4.69, 9.17) is 38.4 Å². The molecule has 7 nitrogen and oxygen atoms in total. The molecule has 5 rings (SSSR count). The van der Waals surface area contributed by atoms with Crippen LogP contribution < -0.4 is 15.8 Å². The molecule has 32 heavy (non-hydrogen) atoms. The molecule has 0 aliphatic carbocycles. The number of halogens is 3. The van der Waals surface area contributed by atoms with Crippen molar-refractivity contribution in [1.29, 1.82) is 0 Å². The number of rotatable bonds is 5. The summed E-state index contributed by atoms with van der Waals surface area (Å²) in [6, 6.07) is 4.72. The maximum Gasteiger partial charge on any atom is 0.166 e. The van der Waals surface area contributed by atoms with Crippen molar-refractivity contribution in [2.45, 2.75) is 31.0 Å². The standard InChI is InChI=1S/C22H22Cl2FN5O2/c1-12(19-16(23)2-3-17(25)20(19)24)32-18-4-13(6-27-21(18)26)14-7-29-30(9-14)15-5-22(28-8-15)10-31-11-22/h2-4,6-7,9,12,15,28H,5,8,10-11H2,1H3,(H2,26,27)/t12-,15-/m1/s1. The maximum absolute atomic E-state index is 13.9. The molecule has 2 aromatic heterocycles. The molecule has 2 fully saturated rings. The summed E-state index contributed by atoms with van der Waals surface area (Å²) in [5.74, 6) is 0.00114. The molecule has 2 saturated heterocycles. The summed E-state index contributed by atoms with van der Waals surface area (Å²) in [6.07, 6.45) is 5.80. The van der Waals surface area contributed by atoms with Crippen LogP contribution in [0.5, 0.6) is 5.75 Å². The van der Waals surface area contributed by atoms with Crippen molar-refractivity contribution in [2.24, 2.45) is 0 Å². The Kier molecular flexibility index (Phi) is 5.49. The van der Waals surface area contributed by atoms with Crippen molar-refractivity contribution < 1.29 is 13.9 Å². The average molecular weight is 478 g/mol. The van der Waals surface area contributed by atoms with Crippen molar-refractivity contribution in [2.75, 3.05) is 25.5 Å². The van der Waals surface area contributed by atoms with E-state index in [-0.39, 0.29) is 22.4 Å². The van der Waals surface area contributed by atoms with E-state index in [2.05, 4.69) is 15.4 Å². The van der Waals surface area contributed by atoms with E-state index >= 15 is 0 Å². The summed E-state index contributed by atoms with van der Waals surface area (Å²) >= 11 is 12.3. The average Bonchev–Trinajstić information content (AvgIpc) is 3.40. The Hall–Kier alpha value is -2.39. The van der Waals surface area contributed by atoms with Crippen molar-refractivity contribution in [3.05, 3.63) is 58.2 Å². The number of hydrogen-bond donors (Lipinski definition) is 2. The van der Waals surface area contributed by atoms with E-state index < -0.39 is 11.9 Å². The minimum atomic E-state index is -0.641. The molecule has 3 aromatic rings. The second-order valence-electron chi connectivity index (χ2n) is 8.35. The monoisotopic (exact) mass is 477 g/mol. The Morgan fingerprint density at radius 1 is 1.31 bits per heavy atom. The molecule has 1 spiro atoms. The van der Waals surface area contributed by atoms with Crippen LogP contribution in [0.2, 0.25) is 10.0 Å². The third-order valence-corrected chi connectivity index (χ3v) is 6.79. The van der Waals surface area contributed by atoms with Gasteiger partial charge in [-0.1, -0.05) is 23.2 Å². The molecular formula is C22H22Cl2FN5O2. The van der Waals surface area contributed by atoms with Crippen molar-refractivity contribution in [1.82, 2.24) is 20.1 Å². The lowest BCUT2D eigenvalue weighted by atomic mass is 9.94. The van der Waals surface area contributed by atoms with Gasteiger partial charge in [0.25, 0.3) is 0 Å². The molecule has 0 saturated carbocycles. The highest BCUT2D eigenvalue weighted by atomic mass is 35.5. The van der Waals surface area contributed by atoms with Crippen LogP contribution in [0.1, 0.15) is 31.1 Å². The summed E-state index contributed by atoms with van der Waals surface area (Å²) in [5, 5.41) is 8.34. The highest BCUT2D eigenvalue weighted by Crippen LogP contribution is 2.37. The predicted octanol–water partition coefficient (Wildman–Crippen LogP) is 4.42. The normalized spacial score (nSPS) is 20.3. The van der Waals surface area contributed by atoms with Gasteiger partial charge in [0.1, 0.15) is 11.9 Å². The third-order valence-electron chi connectivity index (χ3n) is 6.08. The van der Waals surface area contributed by atoms with Gasteiger partial charge in [-0.05, 0) is 31.5 Å². The fourth-order valence-corrected chi connectivity index (χ4v) is 4.92. The van der Waals surface area contributed by atoms with E-state index in [1.54, 1.807) is 25.4 Å². The second-order valence-corrected chi connectivity index (χ2v) is 9.13. The van der Waals surface area contributed by atoms with Crippen molar-refractivity contribution in [3.8, 4) is 16.9 Å². The minimum Gasteiger partial charge on any atom is -0.482 e. The zero-order valence-corrected chi connectivity index (χ0v) is 18.8. The number of ether oxygens (including phenoxy) is 2. The van der Waals surface area contributed by atoms with Gasteiger partial charge in [0, 0.05) is 40.7 Å². The predicted molar refractivity (Wildman–Crippen MR) is 121 cm³/mol. The molecule has 0 amide bonds. The molecule has 2 aliphatic heterocycles. The zero-order chi connectivity index (χ0) is 22.5. The Bertz CT molecular complexity index is 1170. The van der Waals surface area contributed by atoms with Crippen LogP contribution in [0.3, 0.4) is 0 Å². The smallest absolute Gasteiger partial charge is 0.166 e. The van der Waals surface area contributed by atoms with Gasteiger partial charge in [-0.3, -0.25) is 4.68 Å². The SMILES string of the molecule is C[C@@H](Oc1cc(-c2cnn([C@H]3CNC4(COC4)C3)c2)cnc1N)c1c(Cl)ccc(F)c1Cl. The quantitative estimate of drug-likeness (QED) is 0.529. The molecule has 2 aliphatic rings. The topological polar surface area (TPSA) is 87.2 Å². The van der Waals surface area contributed by atoms with E-state index in [1.807, 2.05) is 10.9 Å². The number of nitrogens with one attached hydrogen (secondary N) is 1. The molecule has 3 N–H and O–H groups in total. The van der Waals surface area contributed by atoms with Gasteiger partial charge in [-0.25, -0.2) is 9.37 Å². The molecule has 168 valence electrons. The lowest BCUT2D eigenvalue weighted by molar-refractivity contribution is -0.0657. The number of pyridine rings is 1. The van der Waals surface area contributed by atoms with E-state index in [1.165, 1.54) is 12.1 Å². The summed E-state index contributed by atoms with van der Waals surface area (Å²) in [5.41, 5.74) is 8.18. The zero-order valence-electron chi connectivity index (χ0n) is 17.3. The Labute approximate surface area is 194 Å². The van der Waals surface area contributed by atoms with Crippen LogP contribution in [0, 0.1) is 5.82 Å². The lowest BCUT2D eigenvalue weighted by Gasteiger charge is -2.38. The van der Waals surface area contributed by atoms with E-state index in [9.17, 15) is 4.39 Å². The number of nitrogens with zero attached hydrogens (tertiary/aromatic N) is 3. The van der Waals surface area contributed by atoms with Gasteiger partial charge in [0.2, 0.25) is 0 Å². The fourth-order valence-electron chi connectivity index (χ4n) is 4.24. The number of aromatic nitrogens is 3. The summed E-state index contributed by atoms with van der Waals surface area (Å²) in [6.45, 7) is 4.07. The molecule has 10 heteroatoms. The first-order valence-electron chi connectivity index (χ1n) is 10.3. The first kappa shape index (κ1) is 21.5. The van der Waals surface area contributed by atoms with Crippen LogP contribution >= 0.6 is 23.2 Å². The number of hydrogen-bond acceptors (Lipinski definition) is 6. The molecule has 0 bridgehead atoms. The largest absolute Gasteiger partial charge is 0.482 e. The van der Waals surface area contributed by atoms with Crippen molar-refractivity contribution in [3.63, 3.8) is 0 Å². The molecule has 0 radical (unpaired) electrons. The van der Waals surface area contributed by atoms with E-state index in [0.29, 0.717) is 16.3 Å². The molecule has 4 heterocycles. The van der Waals surface area contributed by atoms with Crippen LogP contribution in [0.15, 0.2) is 36.8 Å². The number of nitrogens with two attached hydrogens (primary N) is 1. The Morgan fingerprint density at radius 2 is 2.12 bits per heavy atom. The highest BCUT2D eigenvalue weighted by Gasteiger charge is 2.45. The minimum absolute atomic E-state index is 0.0752. The Morgan fingerprint density at radius 3 is 2.84 bits per heavy atom. The number of anilines is 1. The molecular weight excluding hydrogens is 456 g/mol. The van der Waals surface area contributed by atoms with Crippen LogP contribution in [0.25, 0.3) is 11.1 Å². The first-order valence-corrected chi connectivity index (χ1v) is 11.0. The lowest BCUT2D eigenvalue weighted by Crippen LogP contribution is -2.56. The van der Waals surface area contributed by atoms with Crippen molar-refractivity contribution >= 4 is 29.0 Å². The van der Waals surface area contributed by atoms with Gasteiger partial charge in [-0.15, -0.1) is 0 Å². The van der Waals surface area contributed by atoms with Gasteiger partial charge in [-0.2, -0.15) is 5.10 Å². The van der Waals surface area contributed by atoms with Gasteiger partial charge in [0.15, 0.2) is 11.6 Å². The van der Waals surface area contributed by atoms with Gasteiger partial charge >= 0.3 is 0 Å². The number of nitrogen functional groups attached to an aromatic ring is 1. The summed E-state index contributed by atoms with van der Waals surface area (Å²) in [7, 11) is 0. The van der Waals surface area contributed by atoms with Crippen LogP contribution in [-0.4, -0.2) is 40.1 Å². The van der Waals surface area contributed by atoms with Crippen LogP contribution in [-0.2, 0) is 4.74 Å². The Balaban J connectivity index is 1.37. The first-order chi connectivity index (χ1) is 15.3. The van der Waals surface area contributed by atoms with Gasteiger partial charge in [0.05, 0.1) is 36.0 Å². The molecule has 1 aromatic carbocycles. The highest BCUT2D eigenvalue weighted by molar-refractivity contribution is 6.36. The van der Waals surface area contributed by atoms with Gasteiger partial charge < -0.3 is 20.5 Å².